The molecule has 1 amide bonds. The Kier molecular flexibility index (Phi) is 7.12. The standard InChI is InChI=1S/C28H36FNO5S/c1-19(2)36(32,33)18-23-7-6-21(17-24(23)29)20-8-9-25-22(16-20)10-11-28(34-25)12-14-30(15-13-28)26(31)35-27(3,4)5/h6-9,16-17,19H,10-15,18H2,1-5H3. The Hall–Kier alpha value is -2.61. The van der Waals surface area contributed by atoms with E-state index in [1.54, 1.807) is 30.9 Å². The van der Waals surface area contributed by atoms with Crippen molar-refractivity contribution in [1.29, 1.82) is 0 Å². The van der Waals surface area contributed by atoms with E-state index in [0.717, 1.165) is 42.6 Å². The van der Waals surface area contributed by atoms with Crippen LogP contribution in [0.15, 0.2) is 36.4 Å². The molecule has 0 aromatic heterocycles. The fraction of sp³-hybridized carbons (Fsp3) is 0.536. The van der Waals surface area contributed by atoms with Crippen LogP contribution in [0.25, 0.3) is 11.1 Å². The molecular formula is C28H36FNO5S. The minimum Gasteiger partial charge on any atom is -0.487 e. The Labute approximate surface area is 213 Å². The quantitative estimate of drug-likeness (QED) is 0.504. The number of piperidine rings is 1. The van der Waals surface area contributed by atoms with Crippen molar-refractivity contribution < 1.29 is 27.1 Å². The van der Waals surface area contributed by atoms with Crippen LogP contribution < -0.4 is 4.74 Å². The van der Waals surface area contributed by atoms with Crippen LogP contribution in [-0.2, 0) is 26.7 Å². The number of fused-ring (bicyclic) bond motifs is 1. The summed E-state index contributed by atoms with van der Waals surface area (Å²) in [5.41, 5.74) is 2.02. The SMILES string of the molecule is CC(C)S(=O)(=O)Cc1ccc(-c2ccc3c(c2)CCC2(CCN(C(=O)OC(C)(C)C)CC2)O3)cc1F. The van der Waals surface area contributed by atoms with Gasteiger partial charge in [0.05, 0.1) is 11.0 Å². The lowest BCUT2D eigenvalue weighted by Gasteiger charge is -2.44. The van der Waals surface area contributed by atoms with E-state index in [1.807, 2.05) is 39.0 Å². The highest BCUT2D eigenvalue weighted by molar-refractivity contribution is 7.91. The molecule has 2 aromatic rings. The van der Waals surface area contributed by atoms with Crippen molar-refractivity contribution in [2.24, 2.45) is 0 Å². The van der Waals surface area contributed by atoms with Gasteiger partial charge in [-0.3, -0.25) is 0 Å². The van der Waals surface area contributed by atoms with Crippen molar-refractivity contribution in [2.75, 3.05) is 13.1 Å². The lowest BCUT2D eigenvalue weighted by molar-refractivity contribution is -0.0272. The van der Waals surface area contributed by atoms with E-state index in [4.69, 9.17) is 9.47 Å². The molecule has 0 unspecified atom stereocenters. The van der Waals surface area contributed by atoms with Crippen LogP contribution >= 0.6 is 0 Å². The molecule has 0 N–H and O–H groups in total. The molecule has 8 heteroatoms. The molecule has 2 aliphatic rings. The Balaban J connectivity index is 1.44. The van der Waals surface area contributed by atoms with E-state index in [-0.39, 0.29) is 23.0 Å². The first kappa shape index (κ1) is 26.5. The molecule has 0 radical (unpaired) electrons. The topological polar surface area (TPSA) is 72.9 Å². The summed E-state index contributed by atoms with van der Waals surface area (Å²) in [5.74, 6) is 0.0136. The number of amides is 1. The summed E-state index contributed by atoms with van der Waals surface area (Å²) in [7, 11) is -3.38. The van der Waals surface area contributed by atoms with Gasteiger partial charge in [-0.15, -0.1) is 0 Å². The van der Waals surface area contributed by atoms with E-state index in [0.29, 0.717) is 18.7 Å². The molecule has 2 heterocycles. The minimum atomic E-state index is -3.38. The molecule has 1 fully saturated rings. The number of hydrogen-bond donors (Lipinski definition) is 0. The average Bonchev–Trinajstić information content (AvgIpc) is 2.79. The molecular weight excluding hydrogens is 481 g/mol. The molecule has 2 aliphatic heterocycles. The van der Waals surface area contributed by atoms with Gasteiger partial charge in [-0.1, -0.05) is 18.2 Å². The maximum absolute atomic E-state index is 14.8. The second kappa shape index (κ2) is 9.69. The predicted molar refractivity (Wildman–Crippen MR) is 138 cm³/mol. The summed E-state index contributed by atoms with van der Waals surface area (Å²) < 4.78 is 51.1. The fourth-order valence-electron chi connectivity index (χ4n) is 4.70. The minimum absolute atomic E-state index is 0.188. The van der Waals surface area contributed by atoms with Crippen LogP contribution in [0.5, 0.6) is 5.75 Å². The van der Waals surface area contributed by atoms with Gasteiger partial charge in [0.1, 0.15) is 22.8 Å². The van der Waals surface area contributed by atoms with E-state index < -0.39 is 26.5 Å². The normalized spacial score (nSPS) is 17.6. The van der Waals surface area contributed by atoms with Crippen molar-refractivity contribution in [3.8, 4) is 16.9 Å². The third-order valence-electron chi connectivity index (χ3n) is 7.02. The number of benzene rings is 2. The van der Waals surface area contributed by atoms with Crippen molar-refractivity contribution in [3.63, 3.8) is 0 Å². The number of carbonyl (C=O) groups is 1. The maximum Gasteiger partial charge on any atom is 0.410 e. The number of nitrogens with zero attached hydrogens (tertiary/aromatic N) is 1. The molecule has 0 saturated carbocycles. The number of likely N-dealkylation sites (tertiary alicyclic amines) is 1. The maximum atomic E-state index is 14.8. The molecule has 1 spiro atoms. The van der Waals surface area contributed by atoms with Gasteiger partial charge in [-0.2, -0.15) is 0 Å². The molecule has 6 nitrogen and oxygen atoms in total. The smallest absolute Gasteiger partial charge is 0.410 e. The molecule has 196 valence electrons. The average molecular weight is 518 g/mol. The lowest BCUT2D eigenvalue weighted by atomic mass is 9.82. The van der Waals surface area contributed by atoms with E-state index in [1.165, 1.54) is 6.07 Å². The molecule has 0 bridgehead atoms. The van der Waals surface area contributed by atoms with Crippen molar-refractivity contribution >= 4 is 15.9 Å². The third-order valence-corrected chi connectivity index (χ3v) is 9.17. The Bertz CT molecular complexity index is 1240. The number of rotatable bonds is 4. The zero-order chi connectivity index (χ0) is 26.3. The van der Waals surface area contributed by atoms with E-state index in [2.05, 4.69) is 0 Å². The number of halogens is 1. The van der Waals surface area contributed by atoms with Crippen LogP contribution in [0.2, 0.25) is 0 Å². The van der Waals surface area contributed by atoms with Crippen LogP contribution in [0.3, 0.4) is 0 Å². The number of hydrogen-bond acceptors (Lipinski definition) is 5. The highest BCUT2D eigenvalue weighted by Gasteiger charge is 2.41. The molecule has 0 atom stereocenters. The Morgan fingerprint density at radius 1 is 1.08 bits per heavy atom. The van der Waals surface area contributed by atoms with E-state index in [9.17, 15) is 17.6 Å². The van der Waals surface area contributed by atoms with Gasteiger partial charge in [0.15, 0.2) is 9.84 Å². The summed E-state index contributed by atoms with van der Waals surface area (Å²) in [6.45, 7) is 10.0. The van der Waals surface area contributed by atoms with Crippen LogP contribution in [-0.4, -0.2) is 49.0 Å². The van der Waals surface area contributed by atoms with Crippen LogP contribution in [0.4, 0.5) is 9.18 Å². The van der Waals surface area contributed by atoms with Crippen molar-refractivity contribution in [1.82, 2.24) is 4.90 Å². The second-order valence-corrected chi connectivity index (χ2v) is 13.8. The first-order valence-electron chi connectivity index (χ1n) is 12.6. The summed E-state index contributed by atoms with van der Waals surface area (Å²) in [6, 6.07) is 10.6. The number of carbonyl (C=O) groups excluding carboxylic acids is 1. The predicted octanol–water partition coefficient (Wildman–Crippen LogP) is 5.91. The number of aryl methyl sites for hydroxylation is 1. The van der Waals surface area contributed by atoms with Gasteiger partial charge in [0, 0.05) is 31.5 Å². The monoisotopic (exact) mass is 517 g/mol. The summed E-state index contributed by atoms with van der Waals surface area (Å²) >= 11 is 0. The summed E-state index contributed by atoms with van der Waals surface area (Å²) in [6.07, 6.45) is 2.91. The summed E-state index contributed by atoms with van der Waals surface area (Å²) in [5, 5.41) is -0.551. The molecule has 1 saturated heterocycles. The highest BCUT2D eigenvalue weighted by Crippen LogP contribution is 2.41. The lowest BCUT2D eigenvalue weighted by Crippen LogP contribution is -2.52. The Morgan fingerprint density at radius 3 is 2.33 bits per heavy atom. The molecule has 4 rings (SSSR count). The van der Waals surface area contributed by atoms with Gasteiger partial charge < -0.3 is 14.4 Å². The summed E-state index contributed by atoms with van der Waals surface area (Å²) in [4.78, 5) is 14.2. The van der Waals surface area contributed by atoms with Crippen LogP contribution in [0.1, 0.15) is 65.0 Å². The van der Waals surface area contributed by atoms with Crippen LogP contribution in [0, 0.1) is 5.82 Å². The van der Waals surface area contributed by atoms with Crippen molar-refractivity contribution in [3.05, 3.63) is 53.3 Å². The number of sulfone groups is 1. The van der Waals surface area contributed by atoms with Crippen molar-refractivity contribution in [2.45, 2.75) is 82.5 Å². The zero-order valence-electron chi connectivity index (χ0n) is 21.8. The highest BCUT2D eigenvalue weighted by atomic mass is 32.2. The van der Waals surface area contributed by atoms with Gasteiger partial charge in [-0.25, -0.2) is 17.6 Å². The first-order chi connectivity index (χ1) is 16.8. The van der Waals surface area contributed by atoms with Gasteiger partial charge in [0.2, 0.25) is 0 Å². The first-order valence-corrected chi connectivity index (χ1v) is 14.3. The van der Waals surface area contributed by atoms with Gasteiger partial charge >= 0.3 is 6.09 Å². The molecule has 36 heavy (non-hydrogen) atoms. The largest absolute Gasteiger partial charge is 0.487 e. The van der Waals surface area contributed by atoms with Gasteiger partial charge in [-0.05, 0) is 82.3 Å². The second-order valence-electron chi connectivity index (χ2n) is 11.2. The van der Waals surface area contributed by atoms with E-state index >= 15 is 0 Å². The molecule has 0 aliphatic carbocycles. The van der Waals surface area contributed by atoms with Gasteiger partial charge in [0.25, 0.3) is 0 Å². The fourth-order valence-corrected chi connectivity index (χ4v) is 5.70. The Morgan fingerprint density at radius 2 is 1.72 bits per heavy atom. The molecule has 2 aromatic carbocycles. The zero-order valence-corrected chi connectivity index (χ0v) is 22.6. The number of ether oxygens (including phenoxy) is 2. The third kappa shape index (κ3) is 5.85.